The first-order valence-corrected chi connectivity index (χ1v) is 8.84. The Balaban J connectivity index is 1.98. The predicted molar refractivity (Wildman–Crippen MR) is 96.1 cm³/mol. The molecule has 6 nitrogen and oxygen atoms in total. The number of benzene rings is 1. The van der Waals surface area contributed by atoms with Crippen molar-refractivity contribution in [2.45, 2.75) is 44.4 Å². The average Bonchev–Trinajstić information content (AvgIpc) is 2.52. The number of aliphatic hydroxyl groups excluding tert-OH is 1. The van der Waals surface area contributed by atoms with Crippen molar-refractivity contribution < 1.29 is 9.84 Å². The summed E-state index contributed by atoms with van der Waals surface area (Å²) in [5.74, 6) is 2.16. The highest BCUT2D eigenvalue weighted by molar-refractivity contribution is 7.99. The molecule has 1 aromatic heterocycles. The fraction of sp³-hybridized carbons (Fsp3) is 0.471. The van der Waals surface area contributed by atoms with E-state index in [-0.39, 0.29) is 24.6 Å². The molecular weight excluding hydrogens is 324 g/mol. The Morgan fingerprint density at radius 1 is 1.12 bits per heavy atom. The standard InChI is InChI=1S/C17H24N4O2S/c1-17(2,3)12-5-7-13(8-6-12)23-11-14-19-15(18)21-16(20-14)24-10-4-9-22/h5-8,22H,4,9-11H2,1-3H3,(H2,18,19,20,21). The van der Waals surface area contributed by atoms with Gasteiger partial charge >= 0.3 is 0 Å². The van der Waals surface area contributed by atoms with E-state index in [1.165, 1.54) is 17.3 Å². The molecule has 130 valence electrons. The zero-order valence-electron chi connectivity index (χ0n) is 14.3. The summed E-state index contributed by atoms with van der Waals surface area (Å²) in [5.41, 5.74) is 7.08. The van der Waals surface area contributed by atoms with Crippen LogP contribution in [0.15, 0.2) is 29.4 Å². The molecule has 0 fully saturated rings. The molecule has 0 aliphatic carbocycles. The minimum absolute atomic E-state index is 0.113. The van der Waals surface area contributed by atoms with E-state index in [0.29, 0.717) is 17.4 Å². The Morgan fingerprint density at radius 2 is 1.83 bits per heavy atom. The lowest BCUT2D eigenvalue weighted by atomic mass is 9.87. The first-order valence-electron chi connectivity index (χ1n) is 7.86. The third-order valence-corrected chi connectivity index (χ3v) is 4.23. The number of hydrogen-bond acceptors (Lipinski definition) is 7. The zero-order chi connectivity index (χ0) is 17.6. The second-order valence-electron chi connectivity index (χ2n) is 6.38. The highest BCUT2D eigenvalue weighted by Crippen LogP contribution is 2.24. The van der Waals surface area contributed by atoms with Gasteiger partial charge in [0.1, 0.15) is 12.4 Å². The first-order chi connectivity index (χ1) is 11.4. The SMILES string of the molecule is CC(C)(C)c1ccc(OCc2nc(N)nc(SCCCO)n2)cc1. The number of nitrogen functional groups attached to an aromatic ring is 1. The number of nitrogens with two attached hydrogens (primary N) is 1. The van der Waals surface area contributed by atoms with Crippen molar-refractivity contribution in [1.82, 2.24) is 15.0 Å². The molecular formula is C17H24N4O2S. The van der Waals surface area contributed by atoms with Crippen LogP contribution in [0.2, 0.25) is 0 Å². The van der Waals surface area contributed by atoms with Crippen molar-refractivity contribution in [1.29, 1.82) is 0 Å². The van der Waals surface area contributed by atoms with E-state index in [9.17, 15) is 0 Å². The van der Waals surface area contributed by atoms with E-state index in [0.717, 1.165) is 11.5 Å². The largest absolute Gasteiger partial charge is 0.486 e. The Bertz CT molecular complexity index is 657. The molecule has 1 heterocycles. The van der Waals surface area contributed by atoms with Gasteiger partial charge in [0.05, 0.1) is 0 Å². The third-order valence-electron chi connectivity index (χ3n) is 3.30. The van der Waals surface area contributed by atoms with Crippen molar-refractivity contribution >= 4 is 17.7 Å². The van der Waals surface area contributed by atoms with Gasteiger partial charge in [-0.05, 0) is 29.5 Å². The number of ether oxygens (including phenoxy) is 1. The van der Waals surface area contributed by atoms with Crippen LogP contribution in [0.25, 0.3) is 0 Å². The molecule has 0 saturated carbocycles. The van der Waals surface area contributed by atoms with Crippen LogP contribution in [0.4, 0.5) is 5.95 Å². The second kappa shape index (κ2) is 8.30. The molecule has 24 heavy (non-hydrogen) atoms. The number of anilines is 1. The molecule has 0 bridgehead atoms. The van der Waals surface area contributed by atoms with E-state index in [1.54, 1.807) is 0 Å². The molecule has 1 aromatic carbocycles. The molecule has 0 aliphatic heterocycles. The summed E-state index contributed by atoms with van der Waals surface area (Å²) < 4.78 is 5.74. The van der Waals surface area contributed by atoms with E-state index >= 15 is 0 Å². The molecule has 2 rings (SSSR count). The van der Waals surface area contributed by atoms with Gasteiger partial charge in [0.25, 0.3) is 0 Å². The average molecular weight is 348 g/mol. The quantitative estimate of drug-likeness (QED) is 0.587. The highest BCUT2D eigenvalue weighted by atomic mass is 32.2. The van der Waals surface area contributed by atoms with Gasteiger partial charge in [-0.2, -0.15) is 9.97 Å². The summed E-state index contributed by atoms with van der Waals surface area (Å²) in [6.07, 6.45) is 0.683. The van der Waals surface area contributed by atoms with Crippen molar-refractivity contribution in [3.8, 4) is 5.75 Å². The van der Waals surface area contributed by atoms with Crippen molar-refractivity contribution in [2.75, 3.05) is 18.1 Å². The van der Waals surface area contributed by atoms with Crippen molar-refractivity contribution in [3.05, 3.63) is 35.7 Å². The predicted octanol–water partition coefficient (Wildman–Crippen LogP) is 2.80. The lowest BCUT2D eigenvalue weighted by Crippen LogP contribution is -2.11. The van der Waals surface area contributed by atoms with Gasteiger partial charge in [-0.25, -0.2) is 4.98 Å². The van der Waals surface area contributed by atoms with Crippen LogP contribution in [0.1, 0.15) is 38.6 Å². The van der Waals surface area contributed by atoms with Gasteiger partial charge in [-0.15, -0.1) is 0 Å². The molecule has 2 aromatic rings. The van der Waals surface area contributed by atoms with Crippen molar-refractivity contribution in [2.24, 2.45) is 0 Å². The Hall–Kier alpha value is -1.86. The number of aliphatic hydroxyl groups is 1. The van der Waals surface area contributed by atoms with E-state index < -0.39 is 0 Å². The fourth-order valence-electron chi connectivity index (χ4n) is 1.97. The van der Waals surface area contributed by atoms with Crippen LogP contribution in [0, 0.1) is 0 Å². The minimum Gasteiger partial charge on any atom is -0.486 e. The summed E-state index contributed by atoms with van der Waals surface area (Å²) in [6.45, 7) is 6.90. The van der Waals surface area contributed by atoms with E-state index in [2.05, 4.69) is 47.9 Å². The van der Waals surface area contributed by atoms with Crippen LogP contribution >= 0.6 is 11.8 Å². The van der Waals surface area contributed by atoms with Crippen LogP contribution in [0.3, 0.4) is 0 Å². The smallest absolute Gasteiger partial charge is 0.224 e. The Kier molecular flexibility index (Phi) is 6.39. The normalized spacial score (nSPS) is 11.5. The van der Waals surface area contributed by atoms with Crippen molar-refractivity contribution in [3.63, 3.8) is 0 Å². The summed E-state index contributed by atoms with van der Waals surface area (Å²) >= 11 is 1.44. The molecule has 0 spiro atoms. The molecule has 0 atom stereocenters. The maximum absolute atomic E-state index is 8.82. The van der Waals surface area contributed by atoms with Gasteiger partial charge in [-0.3, -0.25) is 0 Å². The summed E-state index contributed by atoms with van der Waals surface area (Å²) in [5, 5.41) is 9.38. The van der Waals surface area contributed by atoms with Crippen LogP contribution in [-0.4, -0.2) is 32.4 Å². The lowest BCUT2D eigenvalue weighted by molar-refractivity contribution is 0.293. The molecule has 7 heteroatoms. The summed E-state index contributed by atoms with van der Waals surface area (Å²) in [4.78, 5) is 12.5. The number of hydrogen-bond donors (Lipinski definition) is 2. The summed E-state index contributed by atoms with van der Waals surface area (Å²) in [7, 11) is 0. The number of aromatic nitrogens is 3. The Labute approximate surface area is 146 Å². The van der Waals surface area contributed by atoms with Gasteiger partial charge in [0, 0.05) is 12.4 Å². The van der Waals surface area contributed by atoms with Gasteiger partial charge < -0.3 is 15.6 Å². The molecule has 0 unspecified atom stereocenters. The second-order valence-corrected chi connectivity index (χ2v) is 7.44. The molecule has 3 N–H and O–H groups in total. The molecule has 0 radical (unpaired) electrons. The molecule has 0 saturated heterocycles. The minimum atomic E-state index is 0.113. The number of rotatable bonds is 7. The first kappa shape index (κ1) is 18.5. The van der Waals surface area contributed by atoms with Crippen LogP contribution < -0.4 is 10.5 Å². The van der Waals surface area contributed by atoms with E-state index in [4.69, 9.17) is 15.6 Å². The van der Waals surface area contributed by atoms with Gasteiger partial charge in [0.15, 0.2) is 11.0 Å². The maximum atomic E-state index is 8.82. The zero-order valence-corrected chi connectivity index (χ0v) is 15.1. The van der Waals surface area contributed by atoms with Crippen LogP contribution in [-0.2, 0) is 12.0 Å². The van der Waals surface area contributed by atoms with E-state index in [1.807, 2.05) is 12.1 Å². The van der Waals surface area contributed by atoms with Gasteiger partial charge in [-0.1, -0.05) is 44.7 Å². The summed E-state index contributed by atoms with van der Waals surface area (Å²) in [6, 6.07) is 8.02. The third kappa shape index (κ3) is 5.65. The molecule has 0 aliphatic rings. The highest BCUT2D eigenvalue weighted by Gasteiger charge is 2.13. The van der Waals surface area contributed by atoms with Gasteiger partial charge in [0.2, 0.25) is 5.95 Å². The number of thioether (sulfide) groups is 1. The fourth-order valence-corrected chi connectivity index (χ4v) is 2.76. The topological polar surface area (TPSA) is 94.2 Å². The Morgan fingerprint density at radius 3 is 2.46 bits per heavy atom. The molecule has 0 amide bonds. The maximum Gasteiger partial charge on any atom is 0.224 e. The lowest BCUT2D eigenvalue weighted by Gasteiger charge is -2.19. The van der Waals surface area contributed by atoms with Crippen LogP contribution in [0.5, 0.6) is 5.75 Å². The monoisotopic (exact) mass is 348 g/mol. The number of nitrogens with zero attached hydrogens (tertiary/aromatic N) is 3.